The Morgan fingerprint density at radius 3 is 2.50 bits per heavy atom. The van der Waals surface area contributed by atoms with Crippen molar-refractivity contribution in [2.24, 2.45) is 7.05 Å². The van der Waals surface area contributed by atoms with Crippen LogP contribution in [0.5, 0.6) is 0 Å². The second-order valence-corrected chi connectivity index (χ2v) is 6.09. The highest BCUT2D eigenvalue weighted by molar-refractivity contribution is 6.31. The molecule has 1 atom stereocenters. The van der Waals surface area contributed by atoms with E-state index >= 15 is 0 Å². The third kappa shape index (κ3) is 4.21. The first-order valence-corrected chi connectivity index (χ1v) is 7.76. The second-order valence-electron chi connectivity index (χ2n) is 5.72. The van der Waals surface area contributed by atoms with Crippen LogP contribution in [-0.2, 0) is 18.2 Å². The maximum Gasteiger partial charge on any atom is 0.0847 e. The van der Waals surface area contributed by atoms with Crippen LogP contribution in [0.1, 0.15) is 45.5 Å². The number of nitrogens with one attached hydrogen (secondary N) is 1. The summed E-state index contributed by atoms with van der Waals surface area (Å²) in [6.45, 7) is 12.1. The van der Waals surface area contributed by atoms with E-state index < -0.39 is 0 Å². The van der Waals surface area contributed by atoms with Gasteiger partial charge in [-0.1, -0.05) is 18.5 Å². The summed E-state index contributed by atoms with van der Waals surface area (Å²) in [5.41, 5.74) is 1.70. The fourth-order valence-corrected chi connectivity index (χ4v) is 2.69. The Hall–Kier alpha value is -0.580. The van der Waals surface area contributed by atoms with Gasteiger partial charge >= 0.3 is 0 Å². The van der Waals surface area contributed by atoms with E-state index in [9.17, 15) is 0 Å². The predicted octanol–water partition coefficient (Wildman–Crippen LogP) is 3.11. The van der Waals surface area contributed by atoms with Gasteiger partial charge in [0.05, 0.1) is 22.0 Å². The smallest absolute Gasteiger partial charge is 0.0847 e. The molecule has 1 unspecified atom stereocenters. The molecule has 0 amide bonds. The van der Waals surface area contributed by atoms with Gasteiger partial charge in [0.15, 0.2) is 0 Å². The van der Waals surface area contributed by atoms with Crippen LogP contribution >= 0.6 is 11.6 Å². The van der Waals surface area contributed by atoms with Crippen molar-refractivity contribution in [2.75, 3.05) is 13.2 Å². The zero-order valence-corrected chi connectivity index (χ0v) is 14.3. The molecular weight excluding hydrogens is 274 g/mol. The number of rotatable bonds is 8. The van der Waals surface area contributed by atoms with E-state index in [1.165, 1.54) is 0 Å². The lowest BCUT2D eigenvalue weighted by atomic mass is 9.93. The first kappa shape index (κ1) is 17.5. The number of aromatic nitrogens is 2. The molecule has 0 saturated heterocycles. The molecule has 1 aromatic heterocycles. The summed E-state index contributed by atoms with van der Waals surface area (Å²) in [5.74, 6) is 0. The summed E-state index contributed by atoms with van der Waals surface area (Å²) in [5, 5.41) is 8.74. The van der Waals surface area contributed by atoms with Gasteiger partial charge < -0.3 is 10.1 Å². The molecule has 1 heterocycles. The third-order valence-electron chi connectivity index (χ3n) is 3.66. The molecule has 0 fully saturated rings. The van der Waals surface area contributed by atoms with Crippen molar-refractivity contribution in [3.8, 4) is 0 Å². The molecule has 0 radical (unpaired) electrons. The Labute approximate surface area is 127 Å². The molecule has 0 aliphatic rings. The Morgan fingerprint density at radius 2 is 2.05 bits per heavy atom. The van der Waals surface area contributed by atoms with Gasteiger partial charge in [0, 0.05) is 26.1 Å². The largest absolute Gasteiger partial charge is 0.374 e. The number of hydrogen-bond donors (Lipinski definition) is 1. The minimum atomic E-state index is -0.245. The molecule has 20 heavy (non-hydrogen) atoms. The molecule has 0 spiro atoms. The van der Waals surface area contributed by atoms with Gasteiger partial charge in [0.25, 0.3) is 0 Å². The minimum Gasteiger partial charge on any atom is -0.374 e. The standard InChI is InChI=1S/C15H28ClN3O/c1-7-9-17-13(15(4,5)20-8-2)10-12-14(16)11(3)18-19(12)6/h13,17H,7-10H2,1-6H3. The topological polar surface area (TPSA) is 39.1 Å². The number of hydrogen-bond acceptors (Lipinski definition) is 3. The van der Waals surface area contributed by atoms with E-state index in [1.807, 2.05) is 25.6 Å². The lowest BCUT2D eigenvalue weighted by molar-refractivity contribution is -0.0383. The average Bonchev–Trinajstić information content (AvgIpc) is 2.59. The lowest BCUT2D eigenvalue weighted by Crippen LogP contribution is -2.50. The second kappa shape index (κ2) is 7.43. The quantitative estimate of drug-likeness (QED) is 0.802. The SMILES string of the molecule is CCCNC(Cc1c(Cl)c(C)nn1C)C(C)(C)OCC. The van der Waals surface area contributed by atoms with E-state index in [0.29, 0.717) is 6.61 Å². The lowest BCUT2D eigenvalue weighted by Gasteiger charge is -2.35. The van der Waals surface area contributed by atoms with Gasteiger partial charge in [-0.05, 0) is 40.7 Å². The summed E-state index contributed by atoms with van der Waals surface area (Å²) in [6.07, 6.45) is 1.90. The van der Waals surface area contributed by atoms with Crippen LogP contribution in [0.3, 0.4) is 0 Å². The maximum atomic E-state index is 6.37. The van der Waals surface area contributed by atoms with Gasteiger partial charge in [0.2, 0.25) is 0 Å². The van der Waals surface area contributed by atoms with Crippen LogP contribution in [-0.4, -0.2) is 34.6 Å². The van der Waals surface area contributed by atoms with E-state index in [-0.39, 0.29) is 11.6 Å². The summed E-state index contributed by atoms with van der Waals surface area (Å²) < 4.78 is 7.79. The van der Waals surface area contributed by atoms with Crippen molar-refractivity contribution >= 4 is 11.6 Å². The van der Waals surface area contributed by atoms with E-state index in [0.717, 1.165) is 35.8 Å². The van der Waals surface area contributed by atoms with E-state index in [2.05, 4.69) is 31.2 Å². The van der Waals surface area contributed by atoms with Crippen molar-refractivity contribution in [1.82, 2.24) is 15.1 Å². The van der Waals surface area contributed by atoms with Gasteiger partial charge in [-0.15, -0.1) is 0 Å². The number of aryl methyl sites for hydroxylation is 2. The first-order chi connectivity index (χ1) is 9.33. The predicted molar refractivity (Wildman–Crippen MR) is 84.4 cm³/mol. The zero-order chi connectivity index (χ0) is 15.3. The monoisotopic (exact) mass is 301 g/mol. The van der Waals surface area contributed by atoms with Crippen LogP contribution in [0.25, 0.3) is 0 Å². The van der Waals surface area contributed by atoms with Gasteiger partial charge in [-0.3, -0.25) is 4.68 Å². The van der Waals surface area contributed by atoms with Crippen LogP contribution in [0, 0.1) is 6.92 Å². The van der Waals surface area contributed by atoms with Crippen molar-refractivity contribution in [1.29, 1.82) is 0 Å². The van der Waals surface area contributed by atoms with Crippen molar-refractivity contribution in [2.45, 2.75) is 59.1 Å². The van der Waals surface area contributed by atoms with Crippen LogP contribution in [0.2, 0.25) is 5.02 Å². The fourth-order valence-electron chi connectivity index (χ4n) is 2.45. The average molecular weight is 302 g/mol. The Bertz CT molecular complexity index is 429. The molecule has 1 aromatic rings. The van der Waals surface area contributed by atoms with Crippen molar-refractivity contribution in [3.05, 3.63) is 16.4 Å². The Kier molecular flexibility index (Phi) is 6.49. The minimum absolute atomic E-state index is 0.203. The highest BCUT2D eigenvalue weighted by Gasteiger charge is 2.31. The third-order valence-corrected chi connectivity index (χ3v) is 4.15. The summed E-state index contributed by atoms with van der Waals surface area (Å²) >= 11 is 6.37. The molecule has 0 aliphatic carbocycles. The van der Waals surface area contributed by atoms with Gasteiger partial charge in [-0.2, -0.15) is 5.10 Å². The van der Waals surface area contributed by atoms with Gasteiger partial charge in [0.1, 0.15) is 0 Å². The van der Waals surface area contributed by atoms with E-state index in [4.69, 9.17) is 16.3 Å². The van der Waals surface area contributed by atoms with E-state index in [1.54, 1.807) is 0 Å². The molecule has 0 aliphatic heterocycles. The molecule has 4 nitrogen and oxygen atoms in total. The molecule has 1 rings (SSSR count). The fraction of sp³-hybridized carbons (Fsp3) is 0.800. The normalized spacial score (nSPS) is 13.8. The highest BCUT2D eigenvalue weighted by atomic mass is 35.5. The first-order valence-electron chi connectivity index (χ1n) is 7.38. The summed E-state index contributed by atoms with van der Waals surface area (Å²) in [7, 11) is 1.94. The van der Waals surface area contributed by atoms with Crippen LogP contribution in [0.4, 0.5) is 0 Å². The number of halogens is 1. The molecule has 0 aromatic carbocycles. The van der Waals surface area contributed by atoms with Crippen molar-refractivity contribution in [3.63, 3.8) is 0 Å². The van der Waals surface area contributed by atoms with Crippen molar-refractivity contribution < 1.29 is 4.74 Å². The van der Waals surface area contributed by atoms with Crippen LogP contribution < -0.4 is 5.32 Å². The molecule has 0 saturated carbocycles. The molecule has 116 valence electrons. The molecule has 0 bridgehead atoms. The number of nitrogens with zero attached hydrogens (tertiary/aromatic N) is 2. The Morgan fingerprint density at radius 1 is 1.40 bits per heavy atom. The molecule has 5 heteroatoms. The molecule has 1 N–H and O–H groups in total. The zero-order valence-electron chi connectivity index (χ0n) is 13.6. The number of ether oxygens (including phenoxy) is 1. The Balaban J connectivity index is 2.94. The summed E-state index contributed by atoms with van der Waals surface area (Å²) in [6, 6.07) is 0.203. The summed E-state index contributed by atoms with van der Waals surface area (Å²) in [4.78, 5) is 0. The molecular formula is C15H28ClN3O. The highest BCUT2D eigenvalue weighted by Crippen LogP contribution is 2.25. The maximum absolute atomic E-state index is 6.37. The van der Waals surface area contributed by atoms with Gasteiger partial charge in [-0.25, -0.2) is 0 Å². The van der Waals surface area contributed by atoms with Crippen LogP contribution in [0.15, 0.2) is 0 Å².